The van der Waals surface area contributed by atoms with Crippen molar-refractivity contribution in [3.05, 3.63) is 47.5 Å². The molecular weight excluding hydrogens is 515 g/mol. The zero-order chi connectivity index (χ0) is 28.7. The van der Waals surface area contributed by atoms with E-state index in [1.807, 2.05) is 24.0 Å². The van der Waals surface area contributed by atoms with Crippen LogP contribution < -0.4 is 14.8 Å². The highest BCUT2D eigenvalue weighted by atomic mass is 19.4. The molecule has 8 nitrogen and oxygen atoms in total. The van der Waals surface area contributed by atoms with Gasteiger partial charge in [-0.2, -0.15) is 13.2 Å². The summed E-state index contributed by atoms with van der Waals surface area (Å²) in [5.41, 5.74) is 5.89. The predicted octanol–water partition coefficient (Wildman–Crippen LogP) is 5.11. The number of aromatic amines is 1. The van der Waals surface area contributed by atoms with Crippen molar-refractivity contribution in [2.24, 2.45) is 0 Å². The first-order valence-corrected chi connectivity index (χ1v) is 12.6. The number of hydrogen-bond donors (Lipinski definition) is 3. The Balaban J connectivity index is 0.000000532. The van der Waals surface area contributed by atoms with Gasteiger partial charge < -0.3 is 29.8 Å². The Bertz CT molecular complexity index is 1300. The van der Waals surface area contributed by atoms with Crippen LogP contribution in [-0.2, 0) is 9.59 Å². The van der Waals surface area contributed by atoms with E-state index >= 15 is 0 Å². The molecule has 0 radical (unpaired) electrons. The first-order valence-electron chi connectivity index (χ1n) is 12.6. The highest BCUT2D eigenvalue weighted by Crippen LogP contribution is 2.37. The molecule has 11 heteroatoms. The predicted molar refractivity (Wildman–Crippen MR) is 142 cm³/mol. The number of aromatic nitrogens is 1. The molecule has 2 aromatic carbocycles. The van der Waals surface area contributed by atoms with E-state index in [1.165, 1.54) is 16.5 Å². The van der Waals surface area contributed by atoms with E-state index in [9.17, 15) is 18.0 Å². The van der Waals surface area contributed by atoms with E-state index in [2.05, 4.69) is 41.5 Å². The molecule has 39 heavy (non-hydrogen) atoms. The number of carboxylic acids is 1. The highest BCUT2D eigenvalue weighted by molar-refractivity contribution is 5.91. The van der Waals surface area contributed by atoms with Crippen molar-refractivity contribution in [1.82, 2.24) is 15.2 Å². The van der Waals surface area contributed by atoms with Gasteiger partial charge in [0.1, 0.15) is 0 Å². The fourth-order valence-electron chi connectivity index (χ4n) is 4.68. The lowest BCUT2D eigenvalue weighted by Crippen LogP contribution is -2.42. The summed E-state index contributed by atoms with van der Waals surface area (Å²) in [6.45, 7) is 7.11. The molecule has 212 valence electrons. The van der Waals surface area contributed by atoms with Crippen molar-refractivity contribution in [3.63, 3.8) is 0 Å². The van der Waals surface area contributed by atoms with E-state index in [4.69, 9.17) is 19.4 Å². The molecule has 1 saturated heterocycles. The lowest BCUT2D eigenvalue weighted by atomic mass is 9.88. The highest BCUT2D eigenvalue weighted by Gasteiger charge is 2.38. The minimum absolute atomic E-state index is 0.210. The Kier molecular flexibility index (Phi) is 9.85. The summed E-state index contributed by atoms with van der Waals surface area (Å²) in [4.78, 5) is 26.8. The number of aliphatic carboxylic acids is 1. The summed E-state index contributed by atoms with van der Waals surface area (Å²) < 4.78 is 42.6. The molecule has 0 saturated carbocycles. The second-order valence-electron chi connectivity index (χ2n) is 9.24. The lowest BCUT2D eigenvalue weighted by molar-refractivity contribution is -0.192. The summed E-state index contributed by atoms with van der Waals surface area (Å²) in [5.74, 6) is -0.613. The van der Waals surface area contributed by atoms with E-state index in [-0.39, 0.29) is 5.91 Å². The second-order valence-corrected chi connectivity index (χ2v) is 9.24. The van der Waals surface area contributed by atoms with Crippen molar-refractivity contribution >= 4 is 22.8 Å². The summed E-state index contributed by atoms with van der Waals surface area (Å²) in [6.07, 6.45) is -3.06. The van der Waals surface area contributed by atoms with Gasteiger partial charge in [-0.05, 0) is 73.7 Å². The number of piperidine rings is 1. The second kappa shape index (κ2) is 12.9. The van der Waals surface area contributed by atoms with Crippen LogP contribution in [0.25, 0.3) is 22.2 Å². The molecule has 2 heterocycles. The number of rotatable bonds is 7. The largest absolute Gasteiger partial charge is 0.493 e. The van der Waals surface area contributed by atoms with Gasteiger partial charge in [0.15, 0.2) is 11.5 Å². The zero-order valence-electron chi connectivity index (χ0n) is 22.4. The number of alkyl halides is 3. The number of carbonyl (C=O) groups excluding carboxylic acids is 1. The number of benzene rings is 2. The van der Waals surface area contributed by atoms with Crippen LogP contribution in [0.15, 0.2) is 36.4 Å². The third kappa shape index (κ3) is 7.23. The number of nitrogens with zero attached hydrogens (tertiary/aromatic N) is 1. The topological polar surface area (TPSA) is 104 Å². The van der Waals surface area contributed by atoms with Crippen molar-refractivity contribution in [1.29, 1.82) is 0 Å². The molecule has 1 fully saturated rings. The molecule has 1 aromatic heterocycles. The minimum Gasteiger partial charge on any atom is -0.493 e. The Morgan fingerprint density at radius 1 is 1.08 bits per heavy atom. The summed E-state index contributed by atoms with van der Waals surface area (Å²) in [5, 5.41) is 11.5. The third-order valence-corrected chi connectivity index (χ3v) is 6.84. The van der Waals surface area contributed by atoms with Gasteiger partial charge in [0, 0.05) is 35.2 Å². The van der Waals surface area contributed by atoms with Crippen LogP contribution in [0.5, 0.6) is 11.5 Å². The monoisotopic (exact) mass is 549 g/mol. The van der Waals surface area contributed by atoms with E-state index in [1.54, 1.807) is 14.2 Å². The van der Waals surface area contributed by atoms with E-state index in [0.29, 0.717) is 12.5 Å². The SMILES string of the molecule is CCNCC(=O)N1CCC(c2ccc3[nH]c(-c4ccc(OC)c(OC)c4)c(C)c3c2)CC1.O=C(O)C(F)(F)F. The molecule has 0 aliphatic carbocycles. The van der Waals surface area contributed by atoms with E-state index < -0.39 is 12.1 Å². The number of ether oxygens (including phenoxy) is 2. The number of nitrogens with one attached hydrogen (secondary N) is 2. The van der Waals surface area contributed by atoms with Crippen LogP contribution in [-0.4, -0.2) is 73.4 Å². The number of hydrogen-bond acceptors (Lipinski definition) is 5. The van der Waals surface area contributed by atoms with Crippen molar-refractivity contribution in [2.45, 2.75) is 38.8 Å². The first-order chi connectivity index (χ1) is 18.5. The number of likely N-dealkylation sites (N-methyl/N-ethyl adjacent to an activating group) is 1. The standard InChI is InChI=1S/C26H33N3O3.C2HF3O2/c1-5-27-16-25(30)29-12-10-18(11-13-29)19-6-8-22-21(14-19)17(2)26(28-22)20-7-9-23(31-3)24(15-20)32-4;3-2(4,5)1(6)7/h6-9,14-15,18,27-28H,5,10-13,16H2,1-4H3;(H,6,7). The molecule has 4 rings (SSSR count). The molecular formula is C28H34F3N3O5. The number of fused-ring (bicyclic) bond motifs is 1. The van der Waals surface area contributed by atoms with Gasteiger partial charge >= 0.3 is 12.1 Å². The molecule has 3 N–H and O–H groups in total. The molecule has 0 bridgehead atoms. The number of H-pyrrole nitrogens is 1. The smallest absolute Gasteiger partial charge is 0.490 e. The Morgan fingerprint density at radius 3 is 2.28 bits per heavy atom. The van der Waals surface area contributed by atoms with Crippen molar-refractivity contribution < 1.29 is 37.3 Å². The van der Waals surface area contributed by atoms with Crippen LogP contribution in [0.2, 0.25) is 0 Å². The number of carbonyl (C=O) groups is 2. The number of carboxylic acid groups (broad SMARTS) is 1. The van der Waals surface area contributed by atoms with Gasteiger partial charge in [-0.1, -0.05) is 13.0 Å². The fourth-order valence-corrected chi connectivity index (χ4v) is 4.68. The maximum atomic E-state index is 12.3. The van der Waals surface area contributed by atoms with Crippen LogP contribution in [0.3, 0.4) is 0 Å². The fraction of sp³-hybridized carbons (Fsp3) is 0.429. The van der Waals surface area contributed by atoms with Gasteiger partial charge in [0.2, 0.25) is 5.91 Å². The average molecular weight is 550 g/mol. The molecule has 3 aromatic rings. The molecule has 0 spiro atoms. The zero-order valence-corrected chi connectivity index (χ0v) is 22.4. The molecule has 0 unspecified atom stereocenters. The molecule has 1 amide bonds. The van der Waals surface area contributed by atoms with Crippen LogP contribution in [0.1, 0.15) is 36.8 Å². The number of methoxy groups -OCH3 is 2. The molecule has 1 aliphatic rings. The maximum Gasteiger partial charge on any atom is 0.490 e. The lowest BCUT2D eigenvalue weighted by Gasteiger charge is -2.32. The number of amides is 1. The summed E-state index contributed by atoms with van der Waals surface area (Å²) >= 11 is 0. The van der Waals surface area contributed by atoms with Crippen LogP contribution >= 0.6 is 0 Å². The van der Waals surface area contributed by atoms with Crippen LogP contribution in [0.4, 0.5) is 13.2 Å². The molecule has 1 aliphatic heterocycles. The Morgan fingerprint density at radius 2 is 1.72 bits per heavy atom. The maximum absolute atomic E-state index is 12.3. The Hall–Kier alpha value is -3.73. The third-order valence-electron chi connectivity index (χ3n) is 6.84. The quantitative estimate of drug-likeness (QED) is 0.379. The van der Waals surface area contributed by atoms with Gasteiger partial charge in [0.05, 0.1) is 20.8 Å². The van der Waals surface area contributed by atoms with Crippen LogP contribution in [0, 0.1) is 6.92 Å². The number of halogens is 3. The Labute approximate surface area is 225 Å². The van der Waals surface area contributed by atoms with Crippen molar-refractivity contribution in [2.75, 3.05) is 40.4 Å². The minimum atomic E-state index is -5.08. The van der Waals surface area contributed by atoms with Gasteiger partial charge in [-0.15, -0.1) is 0 Å². The normalized spacial score (nSPS) is 14.1. The van der Waals surface area contributed by atoms with Gasteiger partial charge in [-0.25, -0.2) is 4.79 Å². The number of aryl methyl sites for hydroxylation is 1. The molecule has 0 atom stereocenters. The summed E-state index contributed by atoms with van der Waals surface area (Å²) in [7, 11) is 3.31. The van der Waals surface area contributed by atoms with Gasteiger partial charge in [-0.3, -0.25) is 4.79 Å². The average Bonchev–Trinajstić information content (AvgIpc) is 3.26. The number of likely N-dealkylation sites (tertiary alicyclic amines) is 1. The first kappa shape index (κ1) is 29.8. The van der Waals surface area contributed by atoms with E-state index in [0.717, 1.165) is 60.7 Å². The summed E-state index contributed by atoms with van der Waals surface area (Å²) in [6, 6.07) is 12.8. The van der Waals surface area contributed by atoms with Crippen molar-refractivity contribution in [3.8, 4) is 22.8 Å². The van der Waals surface area contributed by atoms with Gasteiger partial charge in [0.25, 0.3) is 0 Å².